The van der Waals surface area contributed by atoms with Crippen LogP contribution >= 0.6 is 24.0 Å². The van der Waals surface area contributed by atoms with E-state index in [0.29, 0.717) is 16.3 Å². The van der Waals surface area contributed by atoms with E-state index in [-0.39, 0.29) is 34.9 Å². The SMILES string of the molecule is CC[C@H]1CSC(=S)N1C(=O)C[C@@H]1NC(=O)[C@H]1[C@H](C)[Si](C)(C)C(C)(C)C. The molecule has 2 amide bonds. The van der Waals surface area contributed by atoms with E-state index >= 15 is 0 Å². The molecule has 2 saturated heterocycles. The van der Waals surface area contributed by atoms with Gasteiger partial charge in [-0.2, -0.15) is 0 Å². The Balaban J connectivity index is 2.09. The molecule has 0 aromatic heterocycles. The smallest absolute Gasteiger partial charge is 0.230 e. The van der Waals surface area contributed by atoms with Gasteiger partial charge in [-0.15, -0.1) is 0 Å². The lowest BCUT2D eigenvalue weighted by Gasteiger charge is -2.50. The molecule has 7 heteroatoms. The van der Waals surface area contributed by atoms with Gasteiger partial charge in [0, 0.05) is 24.3 Å². The number of carbonyl (C=O) groups excluding carboxylic acids is 2. The van der Waals surface area contributed by atoms with Gasteiger partial charge < -0.3 is 5.32 Å². The van der Waals surface area contributed by atoms with Gasteiger partial charge in [0.25, 0.3) is 0 Å². The molecule has 25 heavy (non-hydrogen) atoms. The standard InChI is InChI=1S/C18H32N2O2S2Si/c1-8-12-10-24-17(23)20(12)14(21)9-13-15(16(22)19-13)11(2)25(6,7)18(3,4)5/h11-13,15H,8-10H2,1-7H3,(H,19,22)/t11-,12-,13-,15-/m0/s1. The number of nitrogens with one attached hydrogen (secondary N) is 1. The lowest BCUT2D eigenvalue weighted by molar-refractivity contribution is -0.138. The average molecular weight is 401 g/mol. The number of amides is 2. The molecule has 4 nitrogen and oxygen atoms in total. The van der Waals surface area contributed by atoms with Gasteiger partial charge in [0.15, 0.2) is 0 Å². The second kappa shape index (κ2) is 7.31. The van der Waals surface area contributed by atoms with E-state index < -0.39 is 8.07 Å². The van der Waals surface area contributed by atoms with Gasteiger partial charge >= 0.3 is 0 Å². The average Bonchev–Trinajstić information content (AvgIpc) is 2.86. The Morgan fingerprint density at radius 2 is 2.04 bits per heavy atom. The normalized spacial score (nSPS) is 28.6. The van der Waals surface area contributed by atoms with E-state index in [0.717, 1.165) is 12.2 Å². The Hall–Kier alpha value is -0.403. The molecule has 0 bridgehead atoms. The van der Waals surface area contributed by atoms with Gasteiger partial charge in [0.2, 0.25) is 11.8 Å². The highest BCUT2D eigenvalue weighted by Crippen LogP contribution is 2.49. The van der Waals surface area contributed by atoms with Crippen LogP contribution < -0.4 is 5.32 Å². The second-order valence-electron chi connectivity index (χ2n) is 9.01. The summed E-state index contributed by atoms with van der Waals surface area (Å²) in [5.74, 6) is 1.02. The number of hydrogen-bond donors (Lipinski definition) is 1. The number of β-lactam (4-membered cyclic amide) rings is 1. The quantitative estimate of drug-likeness (QED) is 0.430. The number of hydrogen-bond acceptors (Lipinski definition) is 4. The van der Waals surface area contributed by atoms with E-state index in [9.17, 15) is 9.59 Å². The zero-order valence-corrected chi connectivity index (χ0v) is 19.1. The topological polar surface area (TPSA) is 49.4 Å². The molecule has 0 aromatic carbocycles. The monoisotopic (exact) mass is 400 g/mol. The van der Waals surface area contributed by atoms with Crippen LogP contribution in [0.25, 0.3) is 0 Å². The van der Waals surface area contributed by atoms with Crippen LogP contribution in [0.2, 0.25) is 23.7 Å². The summed E-state index contributed by atoms with van der Waals surface area (Å²) >= 11 is 6.96. The zero-order chi connectivity index (χ0) is 19.2. The van der Waals surface area contributed by atoms with Crippen molar-refractivity contribution in [2.45, 2.75) is 83.2 Å². The largest absolute Gasteiger partial charge is 0.352 e. The molecule has 2 aliphatic rings. The van der Waals surface area contributed by atoms with Crippen molar-refractivity contribution in [2.75, 3.05) is 5.75 Å². The van der Waals surface area contributed by atoms with E-state index in [1.165, 1.54) is 0 Å². The molecule has 0 spiro atoms. The highest BCUT2D eigenvalue weighted by Gasteiger charge is 2.52. The van der Waals surface area contributed by atoms with Crippen molar-refractivity contribution in [3.8, 4) is 0 Å². The molecule has 1 N–H and O–H groups in total. The van der Waals surface area contributed by atoms with Gasteiger partial charge in [-0.3, -0.25) is 14.5 Å². The van der Waals surface area contributed by atoms with Crippen LogP contribution in [-0.2, 0) is 9.59 Å². The molecule has 0 unspecified atom stereocenters. The van der Waals surface area contributed by atoms with Gasteiger partial charge in [0.05, 0.1) is 14.0 Å². The fourth-order valence-electron chi connectivity index (χ4n) is 3.69. The summed E-state index contributed by atoms with van der Waals surface area (Å²) in [4.78, 5) is 26.9. The molecule has 2 heterocycles. The molecule has 2 aliphatic heterocycles. The molecule has 0 saturated carbocycles. The van der Waals surface area contributed by atoms with Crippen LogP contribution in [0.5, 0.6) is 0 Å². The molecule has 0 radical (unpaired) electrons. The van der Waals surface area contributed by atoms with Gasteiger partial charge in [-0.25, -0.2) is 0 Å². The Morgan fingerprint density at radius 3 is 2.52 bits per heavy atom. The van der Waals surface area contributed by atoms with Crippen LogP contribution in [0, 0.1) is 5.92 Å². The summed E-state index contributed by atoms with van der Waals surface area (Å²) in [7, 11) is -1.66. The van der Waals surface area contributed by atoms with Crippen molar-refractivity contribution >= 4 is 48.2 Å². The van der Waals surface area contributed by atoms with Gasteiger partial charge in [-0.05, 0) is 17.0 Å². The highest BCUT2D eigenvalue weighted by molar-refractivity contribution is 8.23. The summed E-state index contributed by atoms with van der Waals surface area (Å²) in [6.07, 6.45) is 1.28. The number of rotatable bonds is 5. The molecule has 4 atom stereocenters. The van der Waals surface area contributed by atoms with Crippen molar-refractivity contribution in [2.24, 2.45) is 5.92 Å². The van der Waals surface area contributed by atoms with E-state index in [1.54, 1.807) is 16.7 Å². The Bertz CT molecular complexity index is 574. The third-order valence-corrected chi connectivity index (χ3v) is 14.8. The van der Waals surface area contributed by atoms with Crippen molar-refractivity contribution in [1.82, 2.24) is 10.2 Å². The molecule has 142 valence electrons. The first kappa shape index (κ1) is 20.9. The van der Waals surface area contributed by atoms with Crippen molar-refractivity contribution in [1.29, 1.82) is 0 Å². The van der Waals surface area contributed by atoms with Crippen LogP contribution in [0.4, 0.5) is 0 Å². The summed E-state index contributed by atoms with van der Waals surface area (Å²) in [6, 6.07) is 0.159. The third-order valence-electron chi connectivity index (χ3n) is 6.77. The number of thioether (sulfide) groups is 1. The van der Waals surface area contributed by atoms with Crippen LogP contribution in [0.1, 0.15) is 47.5 Å². The minimum atomic E-state index is -1.66. The first-order chi connectivity index (χ1) is 11.4. The summed E-state index contributed by atoms with van der Waals surface area (Å²) < 4.78 is 0.691. The van der Waals surface area contributed by atoms with Crippen molar-refractivity contribution in [3.63, 3.8) is 0 Å². The first-order valence-electron chi connectivity index (χ1n) is 9.21. The predicted molar refractivity (Wildman–Crippen MR) is 113 cm³/mol. The van der Waals surface area contributed by atoms with Crippen molar-refractivity contribution in [3.05, 3.63) is 0 Å². The third kappa shape index (κ3) is 3.83. The Morgan fingerprint density at radius 1 is 1.44 bits per heavy atom. The van der Waals surface area contributed by atoms with E-state index in [4.69, 9.17) is 12.2 Å². The molecule has 0 aromatic rings. The minimum absolute atomic E-state index is 0.0463. The van der Waals surface area contributed by atoms with Crippen LogP contribution in [-0.4, -0.2) is 46.9 Å². The van der Waals surface area contributed by atoms with E-state index in [2.05, 4.69) is 53.0 Å². The fourth-order valence-corrected chi connectivity index (χ4v) is 7.91. The highest BCUT2D eigenvalue weighted by atomic mass is 32.2. The molecule has 2 fully saturated rings. The van der Waals surface area contributed by atoms with Crippen LogP contribution in [0.3, 0.4) is 0 Å². The maximum atomic E-state index is 12.8. The second-order valence-corrected chi connectivity index (χ2v) is 16.5. The molecular weight excluding hydrogens is 368 g/mol. The minimum Gasteiger partial charge on any atom is -0.352 e. The predicted octanol–water partition coefficient (Wildman–Crippen LogP) is 4.03. The Kier molecular flexibility index (Phi) is 6.11. The van der Waals surface area contributed by atoms with Gasteiger partial charge in [0.1, 0.15) is 4.32 Å². The van der Waals surface area contributed by atoms with Crippen LogP contribution in [0.15, 0.2) is 0 Å². The summed E-state index contributed by atoms with van der Waals surface area (Å²) in [6.45, 7) is 15.9. The molecule has 2 rings (SSSR count). The lowest BCUT2D eigenvalue weighted by atomic mass is 9.85. The number of nitrogens with zero attached hydrogens (tertiary/aromatic N) is 1. The lowest BCUT2D eigenvalue weighted by Crippen LogP contribution is -2.64. The van der Waals surface area contributed by atoms with Crippen molar-refractivity contribution < 1.29 is 9.59 Å². The molecule has 0 aliphatic carbocycles. The Labute approximate surface area is 162 Å². The fraction of sp³-hybridized carbons (Fsp3) is 0.833. The van der Waals surface area contributed by atoms with Gasteiger partial charge in [-0.1, -0.05) is 71.7 Å². The zero-order valence-electron chi connectivity index (χ0n) is 16.5. The van der Waals surface area contributed by atoms with E-state index in [1.807, 2.05) is 0 Å². The maximum absolute atomic E-state index is 12.8. The maximum Gasteiger partial charge on any atom is 0.230 e. The number of carbonyl (C=O) groups is 2. The number of thiocarbonyl (C=S) groups is 1. The summed E-state index contributed by atoms with van der Waals surface area (Å²) in [5.41, 5.74) is 0.334. The molecular formula is C18H32N2O2S2Si. The first-order valence-corrected chi connectivity index (χ1v) is 13.7. The summed E-state index contributed by atoms with van der Waals surface area (Å²) in [5, 5.41) is 3.20.